The summed E-state index contributed by atoms with van der Waals surface area (Å²) in [7, 11) is 1.60. The van der Waals surface area contributed by atoms with Crippen molar-refractivity contribution >= 4 is 17.6 Å². The molecule has 1 fully saturated rings. The maximum absolute atomic E-state index is 12.8. The number of piperazine rings is 1. The first-order chi connectivity index (χ1) is 15.9. The molecule has 9 nitrogen and oxygen atoms in total. The minimum atomic E-state index is -0.194. The Bertz CT molecular complexity index is 1130. The summed E-state index contributed by atoms with van der Waals surface area (Å²) in [6.07, 6.45) is 0.0556. The first kappa shape index (κ1) is 22.3. The molecule has 0 aliphatic carbocycles. The molecule has 3 aromatic rings. The molecule has 0 saturated carbocycles. The molecule has 1 aromatic heterocycles. The van der Waals surface area contributed by atoms with Crippen LogP contribution in [-0.4, -0.2) is 64.7 Å². The normalized spacial score (nSPS) is 15.9. The van der Waals surface area contributed by atoms with E-state index in [1.807, 2.05) is 38.1 Å². The molecule has 1 saturated heterocycles. The quantitative estimate of drug-likeness (QED) is 0.641. The van der Waals surface area contributed by atoms with Crippen LogP contribution in [0.15, 0.2) is 53.1 Å². The number of aryl methyl sites for hydroxylation is 1. The first-order valence-electron chi connectivity index (χ1n) is 10.8. The lowest BCUT2D eigenvalue weighted by Gasteiger charge is -2.39. The van der Waals surface area contributed by atoms with E-state index >= 15 is 0 Å². The second-order valence-corrected chi connectivity index (χ2v) is 8.10. The first-order valence-corrected chi connectivity index (χ1v) is 10.8. The number of nitrogens with zero attached hydrogens (tertiary/aromatic N) is 4. The van der Waals surface area contributed by atoms with Gasteiger partial charge in [0.15, 0.2) is 5.82 Å². The van der Waals surface area contributed by atoms with E-state index in [1.54, 1.807) is 41.2 Å². The molecule has 172 valence electrons. The van der Waals surface area contributed by atoms with Gasteiger partial charge >= 0.3 is 6.03 Å². The van der Waals surface area contributed by atoms with Crippen LogP contribution in [0.4, 0.5) is 10.5 Å². The van der Waals surface area contributed by atoms with Crippen LogP contribution in [0.25, 0.3) is 11.5 Å². The largest absolute Gasteiger partial charge is 0.497 e. The van der Waals surface area contributed by atoms with Crippen molar-refractivity contribution in [2.45, 2.75) is 26.3 Å². The molecule has 2 aromatic carbocycles. The summed E-state index contributed by atoms with van der Waals surface area (Å²) in [5.41, 5.74) is 2.60. The van der Waals surface area contributed by atoms with E-state index in [9.17, 15) is 9.59 Å². The Kier molecular flexibility index (Phi) is 6.58. The maximum atomic E-state index is 12.8. The molecular formula is C24H27N5O4. The number of hydrogen-bond acceptors (Lipinski definition) is 6. The van der Waals surface area contributed by atoms with Crippen LogP contribution >= 0.6 is 0 Å². The Morgan fingerprint density at radius 3 is 2.67 bits per heavy atom. The van der Waals surface area contributed by atoms with Gasteiger partial charge in [0.1, 0.15) is 5.75 Å². The molecule has 1 aliphatic rings. The smallest absolute Gasteiger partial charge is 0.322 e. The molecule has 1 aliphatic heterocycles. The Morgan fingerprint density at radius 1 is 1.18 bits per heavy atom. The van der Waals surface area contributed by atoms with Gasteiger partial charge < -0.3 is 24.4 Å². The van der Waals surface area contributed by atoms with Gasteiger partial charge in [-0.05, 0) is 50.2 Å². The van der Waals surface area contributed by atoms with Gasteiger partial charge in [0.25, 0.3) is 5.89 Å². The lowest BCUT2D eigenvalue weighted by atomic mass is 10.1. The van der Waals surface area contributed by atoms with Gasteiger partial charge in [0, 0.05) is 36.9 Å². The molecule has 33 heavy (non-hydrogen) atoms. The number of rotatable bonds is 5. The second kappa shape index (κ2) is 9.72. The van der Waals surface area contributed by atoms with Crippen LogP contribution in [-0.2, 0) is 11.2 Å². The van der Waals surface area contributed by atoms with E-state index in [-0.39, 0.29) is 24.4 Å². The number of amides is 3. The molecule has 2 heterocycles. The molecule has 0 bridgehead atoms. The number of anilines is 1. The second-order valence-electron chi connectivity index (χ2n) is 8.10. The summed E-state index contributed by atoms with van der Waals surface area (Å²) in [6, 6.07) is 14.6. The van der Waals surface area contributed by atoms with Crippen molar-refractivity contribution < 1.29 is 18.8 Å². The average Bonchev–Trinajstić information content (AvgIpc) is 3.28. The highest BCUT2D eigenvalue weighted by atomic mass is 16.5. The minimum Gasteiger partial charge on any atom is -0.497 e. The number of methoxy groups -OCH3 is 1. The molecule has 0 spiro atoms. The number of urea groups is 1. The van der Waals surface area contributed by atoms with E-state index in [2.05, 4.69) is 15.5 Å². The molecule has 4 rings (SSSR count). The lowest BCUT2D eigenvalue weighted by molar-refractivity contribution is -0.132. The standard InChI is InChI=1S/C24H27N5O4/c1-16-5-4-6-18(13-16)23-26-21(27-33-23)14-22(30)28-11-12-29(17(2)15-28)24(31)25-19-7-9-20(32-3)10-8-19/h4-10,13,17H,11-12,14-15H2,1-3H3,(H,25,31). The molecule has 9 heteroatoms. The molecule has 1 unspecified atom stereocenters. The van der Waals surface area contributed by atoms with Gasteiger partial charge in [-0.25, -0.2) is 4.79 Å². The number of nitrogens with one attached hydrogen (secondary N) is 1. The summed E-state index contributed by atoms with van der Waals surface area (Å²) in [4.78, 5) is 33.4. The molecule has 1 N–H and O–H groups in total. The molecular weight excluding hydrogens is 422 g/mol. The van der Waals surface area contributed by atoms with Crippen LogP contribution in [0.5, 0.6) is 5.75 Å². The van der Waals surface area contributed by atoms with E-state index in [4.69, 9.17) is 9.26 Å². The van der Waals surface area contributed by atoms with Crippen LogP contribution < -0.4 is 10.1 Å². The number of aromatic nitrogens is 2. The molecule has 1 atom stereocenters. The lowest BCUT2D eigenvalue weighted by Crippen LogP contribution is -2.56. The van der Waals surface area contributed by atoms with Crippen molar-refractivity contribution in [3.8, 4) is 17.2 Å². The third kappa shape index (κ3) is 5.31. The third-order valence-electron chi connectivity index (χ3n) is 5.62. The Hall–Kier alpha value is -3.88. The average molecular weight is 450 g/mol. The van der Waals surface area contributed by atoms with Crippen LogP contribution in [0.3, 0.4) is 0 Å². The van der Waals surface area contributed by atoms with E-state index in [0.29, 0.717) is 37.0 Å². The number of benzene rings is 2. The van der Waals surface area contributed by atoms with Crippen molar-refractivity contribution in [1.29, 1.82) is 0 Å². The van der Waals surface area contributed by atoms with Crippen molar-refractivity contribution in [2.24, 2.45) is 0 Å². The summed E-state index contributed by atoms with van der Waals surface area (Å²) in [6.45, 7) is 5.24. The molecule has 0 radical (unpaired) electrons. The van der Waals surface area contributed by atoms with Crippen LogP contribution in [0, 0.1) is 6.92 Å². The van der Waals surface area contributed by atoms with Gasteiger partial charge in [-0.3, -0.25) is 4.79 Å². The summed E-state index contributed by atoms with van der Waals surface area (Å²) in [5, 5.41) is 6.86. The van der Waals surface area contributed by atoms with Crippen molar-refractivity contribution in [1.82, 2.24) is 19.9 Å². The predicted octanol–water partition coefficient (Wildman–Crippen LogP) is 3.36. The zero-order valence-corrected chi connectivity index (χ0v) is 18.9. The number of hydrogen-bond donors (Lipinski definition) is 1. The topological polar surface area (TPSA) is 101 Å². The van der Waals surface area contributed by atoms with Crippen molar-refractivity contribution in [3.05, 3.63) is 59.9 Å². The molecule has 3 amide bonds. The maximum Gasteiger partial charge on any atom is 0.322 e. The Labute approximate surface area is 192 Å². The fourth-order valence-electron chi connectivity index (χ4n) is 3.82. The Balaban J connectivity index is 1.31. The number of carbonyl (C=O) groups is 2. The van der Waals surface area contributed by atoms with Gasteiger partial charge in [0.05, 0.1) is 13.5 Å². The van der Waals surface area contributed by atoms with Gasteiger partial charge in [-0.1, -0.05) is 22.9 Å². The predicted molar refractivity (Wildman–Crippen MR) is 123 cm³/mol. The van der Waals surface area contributed by atoms with Gasteiger partial charge in [-0.2, -0.15) is 4.98 Å². The zero-order valence-electron chi connectivity index (χ0n) is 18.9. The third-order valence-corrected chi connectivity index (χ3v) is 5.62. The van der Waals surface area contributed by atoms with E-state index in [1.165, 1.54) is 0 Å². The summed E-state index contributed by atoms with van der Waals surface area (Å²) < 4.78 is 10.5. The zero-order chi connectivity index (χ0) is 23.4. The SMILES string of the molecule is COc1ccc(NC(=O)N2CCN(C(=O)Cc3noc(-c4cccc(C)c4)n3)CC2C)cc1. The number of ether oxygens (including phenoxy) is 1. The van der Waals surface area contributed by atoms with Crippen LogP contribution in [0.1, 0.15) is 18.3 Å². The summed E-state index contributed by atoms with van der Waals surface area (Å²) in [5.74, 6) is 1.38. The highest BCUT2D eigenvalue weighted by Gasteiger charge is 2.30. The monoisotopic (exact) mass is 449 g/mol. The highest BCUT2D eigenvalue weighted by molar-refractivity contribution is 5.90. The minimum absolute atomic E-state index is 0.0556. The van der Waals surface area contributed by atoms with Gasteiger partial charge in [-0.15, -0.1) is 0 Å². The summed E-state index contributed by atoms with van der Waals surface area (Å²) >= 11 is 0. The Morgan fingerprint density at radius 2 is 1.97 bits per heavy atom. The number of carbonyl (C=O) groups excluding carboxylic acids is 2. The fourth-order valence-corrected chi connectivity index (χ4v) is 3.82. The van der Waals surface area contributed by atoms with Crippen molar-refractivity contribution in [2.75, 3.05) is 32.1 Å². The highest BCUT2D eigenvalue weighted by Crippen LogP contribution is 2.20. The van der Waals surface area contributed by atoms with Crippen LogP contribution in [0.2, 0.25) is 0 Å². The van der Waals surface area contributed by atoms with Gasteiger partial charge in [0.2, 0.25) is 5.91 Å². The fraction of sp³-hybridized carbons (Fsp3) is 0.333. The van der Waals surface area contributed by atoms with E-state index in [0.717, 1.165) is 16.9 Å². The van der Waals surface area contributed by atoms with Crippen molar-refractivity contribution in [3.63, 3.8) is 0 Å². The van der Waals surface area contributed by atoms with E-state index < -0.39 is 0 Å².